The standard InChI is InChI=1S/C17H23N3/c1-18-17(16-10-11-20(2)19-16)12-14-8-5-7-13-6-3-4-9-15(13)14/h3-4,6,9-11,14,17-18H,5,7-8,12H2,1-2H3. The summed E-state index contributed by atoms with van der Waals surface area (Å²) in [6, 6.07) is 11.4. The van der Waals surface area contributed by atoms with E-state index in [0.717, 1.165) is 12.1 Å². The summed E-state index contributed by atoms with van der Waals surface area (Å²) in [6.45, 7) is 0. The quantitative estimate of drug-likeness (QED) is 0.924. The van der Waals surface area contributed by atoms with Gasteiger partial charge in [-0.15, -0.1) is 0 Å². The Labute approximate surface area is 121 Å². The minimum atomic E-state index is 0.340. The maximum Gasteiger partial charge on any atom is 0.0793 e. The SMILES string of the molecule is CNC(CC1CCCc2ccccc21)c1ccn(C)n1. The fourth-order valence-electron chi connectivity index (χ4n) is 3.39. The lowest BCUT2D eigenvalue weighted by Gasteiger charge is -2.28. The van der Waals surface area contributed by atoms with Gasteiger partial charge in [0.05, 0.1) is 11.7 Å². The molecule has 1 N–H and O–H groups in total. The highest BCUT2D eigenvalue weighted by Gasteiger charge is 2.24. The van der Waals surface area contributed by atoms with Crippen LogP contribution in [0.3, 0.4) is 0 Å². The molecule has 0 spiro atoms. The molecule has 0 amide bonds. The van der Waals surface area contributed by atoms with E-state index < -0.39 is 0 Å². The first-order valence-corrected chi connectivity index (χ1v) is 7.52. The van der Waals surface area contributed by atoms with Crippen molar-refractivity contribution in [2.24, 2.45) is 7.05 Å². The lowest BCUT2D eigenvalue weighted by Crippen LogP contribution is -2.22. The van der Waals surface area contributed by atoms with Crippen molar-refractivity contribution in [3.63, 3.8) is 0 Å². The number of aromatic nitrogens is 2. The molecule has 1 aromatic heterocycles. The van der Waals surface area contributed by atoms with Crippen LogP contribution in [0.2, 0.25) is 0 Å². The summed E-state index contributed by atoms with van der Waals surface area (Å²) in [6.07, 6.45) is 6.99. The molecule has 1 aromatic carbocycles. The summed E-state index contributed by atoms with van der Waals surface area (Å²) in [5.41, 5.74) is 4.24. The van der Waals surface area contributed by atoms with Gasteiger partial charge in [0, 0.05) is 13.2 Å². The number of hydrogen-bond acceptors (Lipinski definition) is 2. The Morgan fingerprint density at radius 3 is 2.95 bits per heavy atom. The van der Waals surface area contributed by atoms with E-state index in [-0.39, 0.29) is 0 Å². The van der Waals surface area contributed by atoms with E-state index in [1.165, 1.54) is 19.3 Å². The van der Waals surface area contributed by atoms with Crippen molar-refractivity contribution in [2.45, 2.75) is 37.6 Å². The summed E-state index contributed by atoms with van der Waals surface area (Å²) in [5, 5.41) is 7.99. The van der Waals surface area contributed by atoms with Gasteiger partial charge in [-0.3, -0.25) is 4.68 Å². The zero-order valence-electron chi connectivity index (χ0n) is 12.3. The third-order valence-corrected chi connectivity index (χ3v) is 4.45. The smallest absolute Gasteiger partial charge is 0.0793 e. The van der Waals surface area contributed by atoms with E-state index in [1.807, 2.05) is 25.0 Å². The molecule has 0 saturated carbocycles. The van der Waals surface area contributed by atoms with Gasteiger partial charge in [-0.1, -0.05) is 24.3 Å². The maximum atomic E-state index is 4.56. The Morgan fingerprint density at radius 1 is 1.35 bits per heavy atom. The first-order chi connectivity index (χ1) is 9.78. The van der Waals surface area contributed by atoms with E-state index in [2.05, 4.69) is 40.7 Å². The van der Waals surface area contributed by atoms with E-state index in [0.29, 0.717) is 12.0 Å². The molecule has 0 fully saturated rings. The zero-order chi connectivity index (χ0) is 13.9. The Bertz CT molecular complexity index is 573. The molecule has 1 heterocycles. The Morgan fingerprint density at radius 2 is 2.20 bits per heavy atom. The molecule has 1 aliphatic rings. The van der Waals surface area contributed by atoms with E-state index in [1.54, 1.807) is 11.1 Å². The molecule has 0 radical (unpaired) electrons. The van der Waals surface area contributed by atoms with Gasteiger partial charge in [0.1, 0.15) is 0 Å². The van der Waals surface area contributed by atoms with Crippen LogP contribution < -0.4 is 5.32 Å². The van der Waals surface area contributed by atoms with Gasteiger partial charge in [-0.05, 0) is 55.8 Å². The molecule has 3 heteroatoms. The number of nitrogens with one attached hydrogen (secondary N) is 1. The first kappa shape index (κ1) is 13.4. The average Bonchev–Trinajstić information content (AvgIpc) is 2.91. The molecule has 0 aliphatic heterocycles. The number of hydrogen-bond donors (Lipinski definition) is 1. The third kappa shape index (κ3) is 2.63. The molecule has 0 saturated heterocycles. The molecule has 20 heavy (non-hydrogen) atoms. The molecule has 1 aliphatic carbocycles. The van der Waals surface area contributed by atoms with Crippen molar-refractivity contribution in [1.82, 2.24) is 15.1 Å². The number of aryl methyl sites for hydroxylation is 2. The van der Waals surface area contributed by atoms with Crippen molar-refractivity contribution in [2.75, 3.05) is 7.05 Å². The largest absolute Gasteiger partial charge is 0.312 e. The Kier molecular flexibility index (Phi) is 3.88. The molecular formula is C17H23N3. The summed E-state index contributed by atoms with van der Waals surface area (Å²) < 4.78 is 1.88. The highest BCUT2D eigenvalue weighted by molar-refractivity contribution is 5.33. The lowest BCUT2D eigenvalue weighted by atomic mass is 9.79. The van der Waals surface area contributed by atoms with Crippen LogP contribution in [0.15, 0.2) is 36.5 Å². The van der Waals surface area contributed by atoms with Crippen molar-refractivity contribution >= 4 is 0 Å². The van der Waals surface area contributed by atoms with Crippen LogP contribution in [-0.4, -0.2) is 16.8 Å². The van der Waals surface area contributed by atoms with Crippen LogP contribution in [0.4, 0.5) is 0 Å². The van der Waals surface area contributed by atoms with Crippen LogP contribution in [0.5, 0.6) is 0 Å². The fraction of sp³-hybridized carbons (Fsp3) is 0.471. The second kappa shape index (κ2) is 5.80. The van der Waals surface area contributed by atoms with Gasteiger partial charge < -0.3 is 5.32 Å². The van der Waals surface area contributed by atoms with Crippen LogP contribution in [0.1, 0.15) is 48.0 Å². The van der Waals surface area contributed by atoms with E-state index in [4.69, 9.17) is 0 Å². The Hall–Kier alpha value is -1.61. The molecule has 3 nitrogen and oxygen atoms in total. The monoisotopic (exact) mass is 269 g/mol. The second-order valence-electron chi connectivity index (χ2n) is 5.78. The average molecular weight is 269 g/mol. The van der Waals surface area contributed by atoms with E-state index in [9.17, 15) is 0 Å². The van der Waals surface area contributed by atoms with Gasteiger partial charge in [0.15, 0.2) is 0 Å². The highest BCUT2D eigenvalue weighted by atomic mass is 15.3. The molecule has 2 unspecified atom stereocenters. The summed E-state index contributed by atoms with van der Waals surface area (Å²) >= 11 is 0. The normalized spacial score (nSPS) is 19.6. The highest BCUT2D eigenvalue weighted by Crippen LogP contribution is 2.37. The first-order valence-electron chi connectivity index (χ1n) is 7.52. The van der Waals surface area contributed by atoms with Crippen molar-refractivity contribution < 1.29 is 0 Å². The molecule has 3 rings (SSSR count). The van der Waals surface area contributed by atoms with Crippen molar-refractivity contribution in [3.05, 3.63) is 53.3 Å². The number of rotatable bonds is 4. The molecule has 2 atom stereocenters. The van der Waals surface area contributed by atoms with Crippen LogP contribution in [-0.2, 0) is 13.5 Å². The predicted molar refractivity (Wildman–Crippen MR) is 81.7 cm³/mol. The van der Waals surface area contributed by atoms with Crippen LogP contribution in [0.25, 0.3) is 0 Å². The Balaban J connectivity index is 1.80. The fourth-order valence-corrected chi connectivity index (χ4v) is 3.39. The molecular weight excluding hydrogens is 246 g/mol. The van der Waals surface area contributed by atoms with Crippen molar-refractivity contribution in [3.8, 4) is 0 Å². The predicted octanol–water partition coefficient (Wildman–Crippen LogP) is 3.19. The number of benzene rings is 1. The minimum Gasteiger partial charge on any atom is -0.312 e. The number of nitrogens with zero attached hydrogens (tertiary/aromatic N) is 2. The number of fused-ring (bicyclic) bond motifs is 1. The summed E-state index contributed by atoms with van der Waals surface area (Å²) in [7, 11) is 4.01. The van der Waals surface area contributed by atoms with Crippen LogP contribution in [0, 0.1) is 0 Å². The van der Waals surface area contributed by atoms with Gasteiger partial charge in [0.2, 0.25) is 0 Å². The van der Waals surface area contributed by atoms with Gasteiger partial charge in [0.25, 0.3) is 0 Å². The van der Waals surface area contributed by atoms with Gasteiger partial charge in [-0.2, -0.15) is 5.10 Å². The van der Waals surface area contributed by atoms with E-state index >= 15 is 0 Å². The van der Waals surface area contributed by atoms with Gasteiger partial charge >= 0.3 is 0 Å². The second-order valence-corrected chi connectivity index (χ2v) is 5.78. The molecule has 2 aromatic rings. The summed E-state index contributed by atoms with van der Waals surface area (Å²) in [4.78, 5) is 0. The summed E-state index contributed by atoms with van der Waals surface area (Å²) in [5.74, 6) is 0.652. The maximum absolute atomic E-state index is 4.56. The van der Waals surface area contributed by atoms with Crippen molar-refractivity contribution in [1.29, 1.82) is 0 Å². The van der Waals surface area contributed by atoms with Crippen LogP contribution >= 0.6 is 0 Å². The zero-order valence-corrected chi connectivity index (χ0v) is 12.3. The molecule has 106 valence electrons. The third-order valence-electron chi connectivity index (χ3n) is 4.45. The van der Waals surface area contributed by atoms with Gasteiger partial charge in [-0.25, -0.2) is 0 Å². The minimum absolute atomic E-state index is 0.340. The topological polar surface area (TPSA) is 29.9 Å². The molecule has 0 bridgehead atoms. The lowest BCUT2D eigenvalue weighted by molar-refractivity contribution is 0.431.